The van der Waals surface area contributed by atoms with Crippen LogP contribution in [-0.4, -0.2) is 83.5 Å². The van der Waals surface area contributed by atoms with Crippen LogP contribution in [0.3, 0.4) is 0 Å². The molecule has 6 amide bonds. The van der Waals surface area contributed by atoms with E-state index in [1.165, 1.54) is 0 Å². The number of hydrogen-bond donors (Lipinski definition) is 6. The standard InChI is InChI=1S/C54H82N6O9/c1-48(2,3)69-46(66)34-26-39(54(34,14)15)59-44(64)32-24-37(52(32,10)11)57-42(62)30-22-35(50(30,6)7)55-41(61)29-21-36(49(29,4)5)56-43(63)31-23-38(51(31,8)9)58-45(65)33-25-40(53(33,12)13)60-47(67)68-27-28-19-17-16-18-20-28/h16-20,29-40H,21-27H2,1-15H3,(H,55,61)(H,56,63)(H,57,62)(H,58,65)(H,59,64)(H,60,67)/t29-,30+,31+,32-,33-,34+,35+,36-,37-,38+,39+,40-/m0/s1. The second kappa shape index (κ2) is 17.9. The molecule has 0 spiro atoms. The first-order valence-corrected chi connectivity index (χ1v) is 25.4. The summed E-state index contributed by atoms with van der Waals surface area (Å²) < 4.78 is 11.0. The number of amides is 6. The quantitative estimate of drug-likeness (QED) is 0.115. The van der Waals surface area contributed by atoms with Gasteiger partial charge in [-0.15, -0.1) is 0 Å². The minimum absolute atomic E-state index is 0.0560. The molecule has 6 saturated carbocycles. The minimum Gasteiger partial charge on any atom is -0.460 e. The van der Waals surface area contributed by atoms with Crippen LogP contribution >= 0.6 is 0 Å². The molecule has 6 N–H and O–H groups in total. The van der Waals surface area contributed by atoms with Crippen LogP contribution in [0.15, 0.2) is 30.3 Å². The van der Waals surface area contributed by atoms with Crippen LogP contribution < -0.4 is 31.9 Å². The van der Waals surface area contributed by atoms with Crippen molar-refractivity contribution in [3.63, 3.8) is 0 Å². The largest absolute Gasteiger partial charge is 0.460 e. The van der Waals surface area contributed by atoms with Gasteiger partial charge in [0.15, 0.2) is 0 Å². The highest BCUT2D eigenvalue weighted by Gasteiger charge is 2.61. The molecule has 6 aliphatic carbocycles. The summed E-state index contributed by atoms with van der Waals surface area (Å²) in [5, 5.41) is 19.1. The van der Waals surface area contributed by atoms with E-state index in [0.29, 0.717) is 38.5 Å². The van der Waals surface area contributed by atoms with Gasteiger partial charge in [0.2, 0.25) is 29.5 Å². The van der Waals surface area contributed by atoms with Crippen molar-refractivity contribution in [2.24, 2.45) is 68.0 Å². The lowest BCUT2D eigenvalue weighted by Gasteiger charge is -2.57. The Morgan fingerprint density at radius 2 is 0.696 bits per heavy atom. The maximum absolute atomic E-state index is 13.8. The molecule has 0 aromatic heterocycles. The third-order valence-corrected chi connectivity index (χ3v) is 19.0. The fourth-order valence-corrected chi connectivity index (χ4v) is 12.3. The summed E-state index contributed by atoms with van der Waals surface area (Å²) in [6.07, 6.45) is 2.59. The Morgan fingerprint density at radius 1 is 0.435 bits per heavy atom. The fraction of sp³-hybridized carbons (Fsp3) is 0.759. The number of carbonyl (C=O) groups excluding carboxylic acids is 7. The number of ether oxygens (including phenoxy) is 2. The van der Waals surface area contributed by atoms with Crippen LogP contribution in [0.4, 0.5) is 4.79 Å². The molecule has 0 unspecified atom stereocenters. The van der Waals surface area contributed by atoms with Crippen LogP contribution in [0.2, 0.25) is 0 Å². The Morgan fingerprint density at radius 3 is 0.957 bits per heavy atom. The van der Waals surface area contributed by atoms with Crippen LogP contribution in [0.5, 0.6) is 0 Å². The van der Waals surface area contributed by atoms with Gasteiger partial charge in [0.25, 0.3) is 0 Å². The van der Waals surface area contributed by atoms with E-state index in [4.69, 9.17) is 9.47 Å². The lowest BCUT2D eigenvalue weighted by molar-refractivity contribution is -0.175. The number of carbonyl (C=O) groups is 7. The predicted octanol–water partition coefficient (Wildman–Crippen LogP) is 6.32. The summed E-state index contributed by atoms with van der Waals surface area (Å²) in [5.41, 5.74) is -2.51. The predicted molar refractivity (Wildman–Crippen MR) is 260 cm³/mol. The number of esters is 1. The van der Waals surface area contributed by atoms with Gasteiger partial charge in [-0.3, -0.25) is 28.8 Å². The summed E-state index contributed by atoms with van der Waals surface area (Å²) in [5.74, 6) is -2.35. The molecule has 1 aromatic rings. The Kier molecular flexibility index (Phi) is 13.5. The van der Waals surface area contributed by atoms with E-state index in [0.717, 1.165) is 5.56 Å². The number of rotatable bonds is 14. The first-order valence-electron chi connectivity index (χ1n) is 25.4. The van der Waals surface area contributed by atoms with Crippen molar-refractivity contribution in [3.05, 3.63) is 35.9 Å². The highest BCUT2D eigenvalue weighted by atomic mass is 16.6. The molecule has 12 atom stereocenters. The fourth-order valence-electron chi connectivity index (χ4n) is 12.3. The molecule has 1 aromatic carbocycles. The van der Waals surface area contributed by atoms with Crippen LogP contribution in [0.1, 0.15) is 148 Å². The molecule has 382 valence electrons. The van der Waals surface area contributed by atoms with E-state index in [2.05, 4.69) is 31.9 Å². The van der Waals surface area contributed by atoms with Gasteiger partial charge in [0, 0.05) is 65.8 Å². The van der Waals surface area contributed by atoms with E-state index in [1.54, 1.807) is 0 Å². The first-order chi connectivity index (χ1) is 31.7. The van der Waals surface area contributed by atoms with E-state index >= 15 is 0 Å². The molecule has 0 heterocycles. The molecule has 15 nitrogen and oxygen atoms in total. The Labute approximate surface area is 410 Å². The molecule has 6 fully saturated rings. The first kappa shape index (κ1) is 52.1. The molecule has 6 aliphatic rings. The maximum atomic E-state index is 13.8. The summed E-state index contributed by atoms with van der Waals surface area (Å²) in [6.45, 7) is 29.7. The normalized spacial score (nSPS) is 34.5. The summed E-state index contributed by atoms with van der Waals surface area (Å²) in [6, 6.07) is 8.38. The van der Waals surface area contributed by atoms with Crippen molar-refractivity contribution in [1.82, 2.24) is 31.9 Å². The van der Waals surface area contributed by atoms with E-state index < -0.39 is 44.2 Å². The van der Waals surface area contributed by atoms with Gasteiger partial charge in [0.1, 0.15) is 12.2 Å². The number of alkyl carbamates (subject to hydrolysis) is 1. The van der Waals surface area contributed by atoms with Gasteiger partial charge < -0.3 is 41.4 Å². The SMILES string of the molecule is CC(C)(C)OC(=O)[C@H]1C[C@@H](NC(=O)[C@@H]2C[C@H](NC(=O)[C@H]3C[C@@H](NC(=O)[C@@H]4C[C@H](NC(=O)[C@H]5C[C@@H](NC(=O)[C@@H]6C[C@H](NC(=O)OCc7ccccc7)C6(C)C)C5(C)C)C4(C)C)C3(C)C)C2(C)C)C1(C)C. The minimum atomic E-state index is -0.573. The number of nitrogens with one attached hydrogen (secondary N) is 6. The van der Waals surface area contributed by atoms with Crippen molar-refractivity contribution >= 4 is 41.6 Å². The summed E-state index contributed by atoms with van der Waals surface area (Å²) >= 11 is 0. The third kappa shape index (κ3) is 9.62. The van der Waals surface area contributed by atoms with Crippen molar-refractivity contribution in [1.29, 1.82) is 0 Å². The van der Waals surface area contributed by atoms with Gasteiger partial charge in [-0.1, -0.05) is 113 Å². The zero-order valence-electron chi connectivity index (χ0n) is 43.9. The lowest BCUT2D eigenvalue weighted by Crippen LogP contribution is -2.70. The van der Waals surface area contributed by atoms with Gasteiger partial charge in [-0.05, 0) is 97.3 Å². The topological polar surface area (TPSA) is 210 Å². The lowest BCUT2D eigenvalue weighted by atomic mass is 9.54. The van der Waals surface area contributed by atoms with Crippen molar-refractivity contribution in [3.8, 4) is 0 Å². The van der Waals surface area contributed by atoms with Gasteiger partial charge >= 0.3 is 12.1 Å². The molecular weight excluding hydrogens is 877 g/mol. The smallest absolute Gasteiger partial charge is 0.407 e. The van der Waals surface area contributed by atoms with Crippen molar-refractivity contribution in [2.75, 3.05) is 0 Å². The zero-order chi connectivity index (χ0) is 51.2. The van der Waals surface area contributed by atoms with E-state index in [9.17, 15) is 33.6 Å². The van der Waals surface area contributed by atoms with E-state index in [-0.39, 0.29) is 114 Å². The molecule has 0 saturated heterocycles. The van der Waals surface area contributed by atoms with Crippen molar-refractivity contribution < 1.29 is 43.0 Å². The zero-order valence-corrected chi connectivity index (χ0v) is 43.9. The van der Waals surface area contributed by atoms with E-state index in [1.807, 2.05) is 134 Å². The van der Waals surface area contributed by atoms with Crippen LogP contribution in [-0.2, 0) is 44.8 Å². The molecule has 7 rings (SSSR count). The monoisotopic (exact) mass is 959 g/mol. The summed E-state index contributed by atoms with van der Waals surface area (Å²) in [7, 11) is 0. The van der Waals surface area contributed by atoms with Crippen molar-refractivity contribution in [2.45, 2.75) is 191 Å². The molecule has 0 radical (unpaired) electrons. The van der Waals surface area contributed by atoms with Gasteiger partial charge in [0.05, 0.1) is 5.92 Å². The average Bonchev–Trinajstić information content (AvgIpc) is 3.24. The second-order valence-corrected chi connectivity index (χ2v) is 26.3. The number of benzene rings is 1. The van der Waals surface area contributed by atoms with Gasteiger partial charge in [-0.25, -0.2) is 4.79 Å². The Hall–Kier alpha value is -4.69. The van der Waals surface area contributed by atoms with Crippen LogP contribution in [0, 0.1) is 68.0 Å². The molecule has 0 bridgehead atoms. The Balaban J connectivity index is 0.808. The average molecular weight is 959 g/mol. The Bertz CT molecular complexity index is 2210. The third-order valence-electron chi connectivity index (χ3n) is 19.0. The second-order valence-electron chi connectivity index (χ2n) is 26.3. The molecule has 69 heavy (non-hydrogen) atoms. The highest BCUT2D eigenvalue weighted by Crippen LogP contribution is 2.54. The van der Waals surface area contributed by atoms with Gasteiger partial charge in [-0.2, -0.15) is 0 Å². The summed E-state index contributed by atoms with van der Waals surface area (Å²) in [4.78, 5) is 93.6. The molecular formula is C54H82N6O9. The molecule has 15 heteroatoms. The number of hydrogen-bond acceptors (Lipinski definition) is 9. The highest BCUT2D eigenvalue weighted by molar-refractivity contribution is 5.87. The maximum Gasteiger partial charge on any atom is 0.407 e. The van der Waals surface area contributed by atoms with Crippen LogP contribution in [0.25, 0.3) is 0 Å². The molecule has 0 aliphatic heterocycles.